The minimum Gasteiger partial charge on any atom is -0.756 e. The zero-order valence-electron chi connectivity index (χ0n) is 52.4. The molecule has 10 heteroatoms. The fourth-order valence-electron chi connectivity index (χ4n) is 9.89. The average Bonchev–Trinajstić information content (AvgIpc) is 3.40. The number of quaternary nitrogens is 1. The molecule has 0 aromatic carbocycles. The molecule has 78 heavy (non-hydrogen) atoms. The molecule has 1 N–H and O–H groups in total. The zero-order valence-corrected chi connectivity index (χ0v) is 53.3. The summed E-state index contributed by atoms with van der Waals surface area (Å²) in [6, 6.07) is -0.893. The molecule has 0 spiro atoms. The van der Waals surface area contributed by atoms with Crippen molar-refractivity contribution in [2.24, 2.45) is 0 Å². The Morgan fingerprint density at radius 1 is 0.462 bits per heavy atom. The number of likely N-dealkylation sites (N-methyl/N-ethyl adjacent to an activating group) is 1. The molecule has 0 saturated carbocycles. The quantitative estimate of drug-likeness (QED) is 0.0212. The third-order valence-corrected chi connectivity index (χ3v) is 16.0. The maximum atomic E-state index is 13.5. The topological polar surface area (TPSA) is 114 Å². The van der Waals surface area contributed by atoms with Gasteiger partial charge in [0.2, 0.25) is 5.91 Å². The lowest BCUT2D eigenvalue weighted by Gasteiger charge is -2.30. The predicted molar refractivity (Wildman–Crippen MR) is 335 cm³/mol. The average molecular weight is 1120 g/mol. The molecule has 0 fully saturated rings. The molecule has 1 amide bonds. The smallest absolute Gasteiger partial charge is 0.306 e. The molecule has 0 aliphatic carbocycles. The molecule has 0 aliphatic rings. The Bertz CT molecular complexity index is 1470. The summed E-state index contributed by atoms with van der Waals surface area (Å²) in [5, 5.41) is 3.03. The lowest BCUT2D eigenvalue weighted by atomic mass is 10.0. The first-order valence-corrected chi connectivity index (χ1v) is 34.9. The SMILES string of the molecule is CC/C=C/C/C=C/C/C=C/CCCCCCCCC(=O)NC(COP(=O)([O-])OCC[N+](C)(C)C)C(/C=C\CCCCCCCCCCC)OC(=O)CCCCCCCCCCCCCCCCCCCCCCCCCCC. The maximum absolute atomic E-state index is 13.5. The van der Waals surface area contributed by atoms with Crippen molar-refractivity contribution >= 4 is 19.7 Å². The van der Waals surface area contributed by atoms with Gasteiger partial charge in [0, 0.05) is 12.8 Å². The van der Waals surface area contributed by atoms with Gasteiger partial charge in [-0.05, 0) is 63.9 Å². The van der Waals surface area contributed by atoms with Crippen molar-refractivity contribution in [2.45, 2.75) is 335 Å². The van der Waals surface area contributed by atoms with Gasteiger partial charge in [-0.2, -0.15) is 0 Å². The Hall–Kier alpha value is -2.03. The molecule has 3 atom stereocenters. The van der Waals surface area contributed by atoms with E-state index >= 15 is 0 Å². The van der Waals surface area contributed by atoms with E-state index in [9.17, 15) is 19.0 Å². The number of amides is 1. The number of nitrogens with zero attached hydrogens (tertiary/aromatic N) is 1. The van der Waals surface area contributed by atoms with Crippen LogP contribution in [0.4, 0.5) is 0 Å². The highest BCUT2D eigenvalue weighted by Crippen LogP contribution is 2.38. The van der Waals surface area contributed by atoms with E-state index in [1.165, 1.54) is 186 Å². The first-order chi connectivity index (χ1) is 37.9. The molecule has 0 aromatic heterocycles. The second-order valence-corrected chi connectivity index (χ2v) is 25.4. The molecule has 0 aromatic rings. The monoisotopic (exact) mass is 1120 g/mol. The van der Waals surface area contributed by atoms with Crippen LogP contribution in [0.1, 0.15) is 323 Å². The summed E-state index contributed by atoms with van der Waals surface area (Å²) in [5.41, 5.74) is 0. The number of esters is 1. The van der Waals surface area contributed by atoms with E-state index in [1.807, 2.05) is 33.3 Å². The number of nitrogens with one attached hydrogen (secondary N) is 1. The standard InChI is InChI=1S/C68H129N2O7P/c1-7-10-13-16-19-22-25-27-29-31-32-33-34-35-36-37-38-39-41-43-46-49-52-55-58-61-68(72)77-66(59-56-53-50-47-44-24-21-18-15-12-9-3)65(64-76-78(73,74)75-63-62-70(4,5)6)69-67(71)60-57-54-51-48-45-42-40-30-28-26-23-20-17-14-11-8-2/h11,14,20,23,28,30,56,59,65-66H,7-10,12-13,15-19,21-22,24-27,29,31-55,57-58,60-64H2,1-6H3,(H-,69,71,73,74)/b14-11+,23-20+,30-28+,59-56-. The molecule has 9 nitrogen and oxygen atoms in total. The summed E-state index contributed by atoms with van der Waals surface area (Å²) >= 11 is 0. The minimum atomic E-state index is -4.70. The van der Waals surface area contributed by atoms with Crippen LogP contribution in [-0.4, -0.2) is 69.4 Å². The number of phosphoric ester groups is 1. The van der Waals surface area contributed by atoms with Gasteiger partial charge in [0.1, 0.15) is 19.3 Å². The van der Waals surface area contributed by atoms with E-state index in [4.69, 9.17) is 13.8 Å². The Labute approximate surface area is 484 Å². The molecule has 0 bridgehead atoms. The van der Waals surface area contributed by atoms with Crippen molar-refractivity contribution in [1.82, 2.24) is 5.32 Å². The molecule has 0 saturated heterocycles. The number of carbonyl (C=O) groups excluding carboxylic acids is 2. The molecule has 0 rings (SSSR count). The summed E-state index contributed by atoms with van der Waals surface area (Å²) in [6.45, 7) is 6.75. The lowest BCUT2D eigenvalue weighted by Crippen LogP contribution is -2.47. The fourth-order valence-corrected chi connectivity index (χ4v) is 10.6. The van der Waals surface area contributed by atoms with Crippen molar-refractivity contribution < 1.29 is 37.3 Å². The van der Waals surface area contributed by atoms with E-state index < -0.39 is 26.6 Å². The van der Waals surface area contributed by atoms with E-state index in [0.717, 1.165) is 103 Å². The first-order valence-electron chi connectivity index (χ1n) is 33.4. The van der Waals surface area contributed by atoms with Gasteiger partial charge < -0.3 is 28.5 Å². The van der Waals surface area contributed by atoms with Gasteiger partial charge in [-0.1, -0.05) is 294 Å². The van der Waals surface area contributed by atoms with Gasteiger partial charge in [-0.3, -0.25) is 14.2 Å². The van der Waals surface area contributed by atoms with Crippen molar-refractivity contribution in [3.63, 3.8) is 0 Å². The van der Waals surface area contributed by atoms with Crippen LogP contribution in [0.5, 0.6) is 0 Å². The van der Waals surface area contributed by atoms with Crippen LogP contribution in [-0.2, 0) is 27.9 Å². The second-order valence-electron chi connectivity index (χ2n) is 24.0. The highest BCUT2D eigenvalue weighted by molar-refractivity contribution is 7.45. The number of carbonyl (C=O) groups is 2. The first kappa shape index (κ1) is 76.0. The number of rotatable bonds is 61. The van der Waals surface area contributed by atoms with Crippen LogP contribution in [0.25, 0.3) is 0 Å². The Morgan fingerprint density at radius 2 is 0.821 bits per heavy atom. The zero-order chi connectivity index (χ0) is 57.2. The van der Waals surface area contributed by atoms with Gasteiger partial charge in [-0.15, -0.1) is 0 Å². The molecular formula is C68H129N2O7P. The summed E-state index contributed by atoms with van der Waals surface area (Å²) in [5.74, 6) is -0.544. The minimum absolute atomic E-state index is 0.0241. The molecule has 0 heterocycles. The van der Waals surface area contributed by atoms with Gasteiger partial charge in [0.25, 0.3) is 7.82 Å². The third-order valence-electron chi connectivity index (χ3n) is 15.0. The van der Waals surface area contributed by atoms with Gasteiger partial charge in [0.15, 0.2) is 0 Å². The molecule has 458 valence electrons. The van der Waals surface area contributed by atoms with Crippen LogP contribution in [0.2, 0.25) is 0 Å². The summed E-state index contributed by atoms with van der Waals surface area (Å²) in [7, 11) is 1.18. The van der Waals surface area contributed by atoms with Gasteiger partial charge in [0.05, 0.1) is 33.8 Å². The summed E-state index contributed by atoms with van der Waals surface area (Å²) < 4.78 is 30.3. The number of allylic oxidation sites excluding steroid dienone is 7. The molecule has 0 aliphatic heterocycles. The highest BCUT2D eigenvalue weighted by atomic mass is 31.2. The Kier molecular flexibility index (Phi) is 56.7. The summed E-state index contributed by atoms with van der Waals surface area (Å²) in [4.78, 5) is 40.0. The van der Waals surface area contributed by atoms with E-state index in [2.05, 4.69) is 62.5 Å². The molecule has 0 radical (unpaired) electrons. The van der Waals surface area contributed by atoms with Gasteiger partial charge in [-0.25, -0.2) is 0 Å². The van der Waals surface area contributed by atoms with Crippen molar-refractivity contribution in [2.75, 3.05) is 40.9 Å². The Morgan fingerprint density at radius 3 is 1.23 bits per heavy atom. The number of ether oxygens (including phenoxy) is 1. The number of hydrogen-bond donors (Lipinski definition) is 1. The van der Waals surface area contributed by atoms with Crippen molar-refractivity contribution in [1.29, 1.82) is 0 Å². The van der Waals surface area contributed by atoms with Crippen LogP contribution < -0.4 is 10.2 Å². The van der Waals surface area contributed by atoms with Crippen molar-refractivity contribution in [3.05, 3.63) is 48.6 Å². The number of hydrogen-bond acceptors (Lipinski definition) is 7. The molecule has 3 unspecified atom stereocenters. The second kappa shape index (κ2) is 58.2. The van der Waals surface area contributed by atoms with Crippen molar-refractivity contribution in [3.8, 4) is 0 Å². The lowest BCUT2D eigenvalue weighted by molar-refractivity contribution is -0.870. The summed E-state index contributed by atoms with van der Waals surface area (Å²) in [6.07, 6.45) is 72.4. The van der Waals surface area contributed by atoms with E-state index in [-0.39, 0.29) is 24.9 Å². The fraction of sp³-hybridized carbons (Fsp3) is 0.853. The Balaban J connectivity index is 5.02. The van der Waals surface area contributed by atoms with Crippen LogP contribution in [0.15, 0.2) is 48.6 Å². The molecular weight excluding hydrogens is 988 g/mol. The van der Waals surface area contributed by atoms with Crippen LogP contribution in [0, 0.1) is 0 Å². The van der Waals surface area contributed by atoms with E-state index in [1.54, 1.807) is 0 Å². The van der Waals surface area contributed by atoms with Crippen LogP contribution >= 0.6 is 7.82 Å². The normalized spacial score (nSPS) is 13.9. The number of unbranched alkanes of at least 4 members (excludes halogenated alkanes) is 39. The third kappa shape index (κ3) is 58.6. The maximum Gasteiger partial charge on any atom is 0.306 e. The largest absolute Gasteiger partial charge is 0.756 e. The van der Waals surface area contributed by atoms with Crippen LogP contribution in [0.3, 0.4) is 0 Å². The highest BCUT2D eigenvalue weighted by Gasteiger charge is 2.27. The predicted octanol–water partition coefficient (Wildman–Crippen LogP) is 20.2. The number of phosphoric acid groups is 1. The van der Waals surface area contributed by atoms with Gasteiger partial charge >= 0.3 is 5.97 Å². The van der Waals surface area contributed by atoms with E-state index in [0.29, 0.717) is 17.4 Å².